The van der Waals surface area contributed by atoms with Gasteiger partial charge in [0.2, 0.25) is 5.91 Å². The van der Waals surface area contributed by atoms with Gasteiger partial charge in [0.05, 0.1) is 30.7 Å². The predicted molar refractivity (Wildman–Crippen MR) is 105 cm³/mol. The maximum absolute atomic E-state index is 12.6. The average molecular weight is 365 g/mol. The molecule has 0 aliphatic carbocycles. The largest absolute Gasteiger partial charge is 0.496 e. The Morgan fingerprint density at radius 2 is 1.93 bits per heavy atom. The molecule has 6 heteroatoms. The van der Waals surface area contributed by atoms with E-state index < -0.39 is 0 Å². The molecule has 0 saturated heterocycles. The van der Waals surface area contributed by atoms with Crippen molar-refractivity contribution in [3.63, 3.8) is 0 Å². The van der Waals surface area contributed by atoms with Crippen LogP contribution in [0.3, 0.4) is 0 Å². The number of nitrogens with zero attached hydrogens (tertiary/aromatic N) is 2. The van der Waals surface area contributed by atoms with Crippen LogP contribution in [0.1, 0.15) is 29.8 Å². The second-order valence-electron chi connectivity index (χ2n) is 6.63. The maximum Gasteiger partial charge on any atom is 0.274 e. The number of aryl methyl sites for hydroxylation is 2. The molecule has 0 bridgehead atoms. The summed E-state index contributed by atoms with van der Waals surface area (Å²) < 4.78 is 6.68. The van der Waals surface area contributed by atoms with Crippen molar-refractivity contribution in [3.8, 4) is 5.75 Å². The fourth-order valence-corrected chi connectivity index (χ4v) is 3.22. The van der Waals surface area contributed by atoms with Crippen LogP contribution in [0.4, 0.5) is 0 Å². The zero-order chi connectivity index (χ0) is 19.6. The van der Waals surface area contributed by atoms with Gasteiger partial charge in [0, 0.05) is 18.0 Å². The number of fused-ring (bicyclic) bond motifs is 1. The minimum Gasteiger partial charge on any atom is -0.496 e. The Morgan fingerprint density at radius 1 is 1.22 bits per heavy atom. The number of benzene rings is 2. The second-order valence-corrected chi connectivity index (χ2v) is 6.63. The van der Waals surface area contributed by atoms with E-state index in [1.165, 1.54) is 4.68 Å². The zero-order valence-electron chi connectivity index (χ0n) is 15.9. The number of hydrogen-bond donors (Lipinski definition) is 1. The molecular weight excluding hydrogens is 342 g/mol. The summed E-state index contributed by atoms with van der Waals surface area (Å²) in [6.45, 7) is 3.92. The molecule has 1 atom stereocenters. The Labute approximate surface area is 157 Å². The summed E-state index contributed by atoms with van der Waals surface area (Å²) in [6, 6.07) is 12.9. The SMILES string of the molecule is COc1ccc(C)cc1[C@@H](C)NC(=O)Cc1nn(C)c(=O)c2ccccc12. The highest BCUT2D eigenvalue weighted by Crippen LogP contribution is 2.26. The molecule has 2 aromatic carbocycles. The molecule has 0 radical (unpaired) electrons. The van der Waals surface area contributed by atoms with Crippen molar-refractivity contribution in [2.24, 2.45) is 7.05 Å². The Bertz CT molecular complexity index is 1060. The minimum atomic E-state index is -0.217. The van der Waals surface area contributed by atoms with Gasteiger partial charge >= 0.3 is 0 Å². The number of hydrogen-bond acceptors (Lipinski definition) is 4. The monoisotopic (exact) mass is 365 g/mol. The smallest absolute Gasteiger partial charge is 0.274 e. The summed E-state index contributed by atoms with van der Waals surface area (Å²) in [5.41, 5.74) is 2.42. The van der Waals surface area contributed by atoms with E-state index in [9.17, 15) is 9.59 Å². The molecule has 140 valence electrons. The van der Waals surface area contributed by atoms with Gasteiger partial charge < -0.3 is 10.1 Å². The van der Waals surface area contributed by atoms with Gasteiger partial charge in [-0.25, -0.2) is 4.68 Å². The first-order valence-corrected chi connectivity index (χ1v) is 8.79. The first-order valence-electron chi connectivity index (χ1n) is 8.79. The molecule has 3 aromatic rings. The van der Waals surface area contributed by atoms with Gasteiger partial charge in [0.15, 0.2) is 0 Å². The van der Waals surface area contributed by atoms with Crippen molar-refractivity contribution >= 4 is 16.7 Å². The molecule has 0 saturated carbocycles. The molecule has 1 heterocycles. The van der Waals surface area contributed by atoms with Gasteiger partial charge in [0.1, 0.15) is 5.75 Å². The zero-order valence-corrected chi connectivity index (χ0v) is 15.9. The van der Waals surface area contributed by atoms with E-state index in [0.29, 0.717) is 16.5 Å². The van der Waals surface area contributed by atoms with Crippen molar-refractivity contribution in [1.29, 1.82) is 0 Å². The number of ether oxygens (including phenoxy) is 1. The van der Waals surface area contributed by atoms with Crippen LogP contribution >= 0.6 is 0 Å². The lowest BCUT2D eigenvalue weighted by molar-refractivity contribution is -0.121. The van der Waals surface area contributed by atoms with E-state index in [-0.39, 0.29) is 23.9 Å². The Kier molecular flexibility index (Phi) is 5.26. The molecule has 6 nitrogen and oxygen atoms in total. The highest BCUT2D eigenvalue weighted by Gasteiger charge is 2.17. The summed E-state index contributed by atoms with van der Waals surface area (Å²) in [5, 5.41) is 8.55. The molecule has 1 aromatic heterocycles. The van der Waals surface area contributed by atoms with Crippen molar-refractivity contribution in [1.82, 2.24) is 15.1 Å². The van der Waals surface area contributed by atoms with E-state index in [1.54, 1.807) is 26.3 Å². The van der Waals surface area contributed by atoms with E-state index in [4.69, 9.17) is 4.74 Å². The fourth-order valence-electron chi connectivity index (χ4n) is 3.22. The van der Waals surface area contributed by atoms with Crippen LogP contribution in [0.25, 0.3) is 10.8 Å². The van der Waals surface area contributed by atoms with Crippen LogP contribution in [0.5, 0.6) is 5.75 Å². The van der Waals surface area contributed by atoms with Gasteiger partial charge in [-0.3, -0.25) is 9.59 Å². The van der Waals surface area contributed by atoms with E-state index >= 15 is 0 Å². The van der Waals surface area contributed by atoms with Gasteiger partial charge in [0.25, 0.3) is 5.56 Å². The average Bonchev–Trinajstić information content (AvgIpc) is 2.65. The lowest BCUT2D eigenvalue weighted by atomic mass is 10.0. The first-order chi connectivity index (χ1) is 12.9. The number of nitrogens with one attached hydrogen (secondary N) is 1. The molecular formula is C21H23N3O3. The van der Waals surface area contributed by atoms with Crippen LogP contribution in [0.2, 0.25) is 0 Å². The van der Waals surface area contributed by atoms with Crippen molar-refractivity contribution in [2.45, 2.75) is 26.3 Å². The lowest BCUT2D eigenvalue weighted by Crippen LogP contribution is -2.30. The third-order valence-corrected chi connectivity index (χ3v) is 4.59. The summed E-state index contributed by atoms with van der Waals surface area (Å²) in [6.07, 6.45) is 0.0904. The van der Waals surface area contributed by atoms with Crippen molar-refractivity contribution < 1.29 is 9.53 Å². The third-order valence-electron chi connectivity index (χ3n) is 4.59. The summed E-state index contributed by atoms with van der Waals surface area (Å²) >= 11 is 0. The maximum atomic E-state index is 12.6. The molecule has 0 spiro atoms. The summed E-state index contributed by atoms with van der Waals surface area (Å²) in [4.78, 5) is 24.9. The normalized spacial score (nSPS) is 12.0. The first kappa shape index (κ1) is 18.6. The van der Waals surface area contributed by atoms with Crippen LogP contribution in [0, 0.1) is 6.92 Å². The number of carbonyl (C=O) groups is 1. The minimum absolute atomic E-state index is 0.0904. The fraction of sp³-hybridized carbons (Fsp3) is 0.286. The Balaban J connectivity index is 1.85. The van der Waals surface area contributed by atoms with Crippen LogP contribution in [0.15, 0.2) is 47.3 Å². The Morgan fingerprint density at radius 3 is 2.63 bits per heavy atom. The van der Waals surface area contributed by atoms with Crippen molar-refractivity contribution in [3.05, 3.63) is 69.6 Å². The standard InChI is InChI=1S/C21H23N3O3/c1-13-9-10-19(27-4)17(11-13)14(2)22-20(25)12-18-15-7-5-6-8-16(15)21(26)24(3)23-18/h5-11,14H,12H2,1-4H3,(H,22,25)/t14-/m1/s1. The molecule has 27 heavy (non-hydrogen) atoms. The lowest BCUT2D eigenvalue weighted by Gasteiger charge is -2.18. The van der Waals surface area contributed by atoms with Crippen LogP contribution in [-0.2, 0) is 18.3 Å². The topological polar surface area (TPSA) is 73.2 Å². The van der Waals surface area contributed by atoms with Gasteiger partial charge in [-0.15, -0.1) is 0 Å². The van der Waals surface area contributed by atoms with E-state index in [1.807, 2.05) is 44.2 Å². The van der Waals surface area contributed by atoms with Gasteiger partial charge in [-0.1, -0.05) is 35.9 Å². The third kappa shape index (κ3) is 3.84. The highest BCUT2D eigenvalue weighted by molar-refractivity contribution is 5.88. The number of carbonyl (C=O) groups excluding carboxylic acids is 1. The quantitative estimate of drug-likeness (QED) is 0.754. The van der Waals surface area contributed by atoms with E-state index in [2.05, 4.69) is 10.4 Å². The predicted octanol–water partition coefficient (Wildman–Crippen LogP) is 2.67. The molecule has 1 amide bonds. The number of methoxy groups -OCH3 is 1. The highest BCUT2D eigenvalue weighted by atomic mass is 16.5. The summed E-state index contributed by atoms with van der Waals surface area (Å²) in [7, 11) is 3.21. The number of amides is 1. The molecule has 3 rings (SSSR count). The molecule has 0 aliphatic heterocycles. The van der Waals surface area contributed by atoms with E-state index in [0.717, 1.165) is 16.9 Å². The number of aromatic nitrogens is 2. The second kappa shape index (κ2) is 7.61. The molecule has 0 unspecified atom stereocenters. The van der Waals surface area contributed by atoms with Gasteiger partial charge in [-0.05, 0) is 26.0 Å². The summed E-state index contributed by atoms with van der Waals surface area (Å²) in [5.74, 6) is 0.571. The molecule has 0 aliphatic rings. The van der Waals surface area contributed by atoms with Crippen molar-refractivity contribution in [2.75, 3.05) is 7.11 Å². The molecule has 1 N–H and O–H groups in total. The Hall–Kier alpha value is -3.15. The van der Waals surface area contributed by atoms with Gasteiger partial charge in [-0.2, -0.15) is 5.10 Å². The van der Waals surface area contributed by atoms with Crippen LogP contribution < -0.4 is 15.6 Å². The molecule has 0 fully saturated rings. The number of rotatable bonds is 5. The van der Waals surface area contributed by atoms with Crippen LogP contribution in [-0.4, -0.2) is 22.8 Å².